The van der Waals surface area contributed by atoms with Gasteiger partial charge in [-0.2, -0.15) is 0 Å². The minimum absolute atomic E-state index is 0.554. The van der Waals surface area contributed by atoms with Gasteiger partial charge in [-0.1, -0.05) is 0 Å². The van der Waals surface area contributed by atoms with Crippen LogP contribution in [0.15, 0.2) is 21.9 Å². The number of ether oxygens (including phenoxy) is 3. The van der Waals surface area contributed by atoms with Crippen molar-refractivity contribution in [2.24, 2.45) is 0 Å². The van der Waals surface area contributed by atoms with Crippen LogP contribution in [0.25, 0.3) is 0 Å². The van der Waals surface area contributed by atoms with Crippen LogP contribution in [0.2, 0.25) is 0 Å². The van der Waals surface area contributed by atoms with E-state index in [-0.39, 0.29) is 0 Å². The molecule has 2 fully saturated rings. The number of aromatic nitrogens is 2. The molecule has 3 rings (SSSR count). The van der Waals surface area contributed by atoms with Gasteiger partial charge in [0.05, 0.1) is 12.7 Å². The number of hydrogen-bond donors (Lipinski definition) is 6. The third kappa shape index (κ3) is 3.62. The first kappa shape index (κ1) is 21.0. The van der Waals surface area contributed by atoms with Crippen LogP contribution in [0.5, 0.6) is 0 Å². The lowest BCUT2D eigenvalue weighted by atomic mass is 10.1. The molecule has 2 saturated heterocycles. The molecule has 9 atom stereocenters. The summed E-state index contributed by atoms with van der Waals surface area (Å²) in [5.74, 6) is -3.40. The van der Waals surface area contributed by atoms with E-state index >= 15 is 0 Å². The number of aliphatic hydroxyl groups is 5. The summed E-state index contributed by atoms with van der Waals surface area (Å²) in [5, 5.41) is 49.2. The largest absolute Gasteiger partial charge is 0.391 e. The van der Waals surface area contributed by atoms with E-state index in [9.17, 15) is 39.5 Å². The SMILES string of the molecule is CC(O)[C@H]1OC(OC[C@H]2O[C@@H](n3ccc(=O)[nH]c3=O)[C@@](O)(F)[C@@H]2O)[C@@H](O)[C@@H]1O. The van der Waals surface area contributed by atoms with Gasteiger partial charge in [-0.3, -0.25) is 14.3 Å². The summed E-state index contributed by atoms with van der Waals surface area (Å²) < 4.78 is 30.7. The highest BCUT2D eigenvalue weighted by Gasteiger charge is 2.58. The molecule has 6 N–H and O–H groups in total. The van der Waals surface area contributed by atoms with E-state index in [2.05, 4.69) is 0 Å². The molecule has 2 unspecified atom stereocenters. The van der Waals surface area contributed by atoms with Gasteiger partial charge in [0.1, 0.15) is 30.5 Å². The highest BCUT2D eigenvalue weighted by Crippen LogP contribution is 2.39. The van der Waals surface area contributed by atoms with Crippen LogP contribution in [-0.4, -0.2) is 90.5 Å². The van der Waals surface area contributed by atoms with Crippen molar-refractivity contribution in [1.29, 1.82) is 0 Å². The van der Waals surface area contributed by atoms with Gasteiger partial charge in [-0.25, -0.2) is 9.18 Å². The molecule has 28 heavy (non-hydrogen) atoms. The summed E-state index contributed by atoms with van der Waals surface area (Å²) in [5.41, 5.74) is -1.82. The van der Waals surface area contributed by atoms with Gasteiger partial charge >= 0.3 is 5.69 Å². The lowest BCUT2D eigenvalue weighted by molar-refractivity contribution is -0.197. The van der Waals surface area contributed by atoms with Crippen LogP contribution in [-0.2, 0) is 14.2 Å². The van der Waals surface area contributed by atoms with E-state index in [1.54, 1.807) is 0 Å². The van der Waals surface area contributed by atoms with Gasteiger partial charge in [0.25, 0.3) is 11.4 Å². The summed E-state index contributed by atoms with van der Waals surface area (Å²) in [6.07, 6.45) is -11.3. The standard InChI is InChI=1S/C15H21FN2O10/c1-5(19)10-8(21)9(22)12(28-10)26-4-6-11(23)15(16,25)13(27-6)18-3-2-7(20)17-14(18)24/h2-3,5-6,8-13,19,21-23,25H,4H2,1H3,(H,17,20,24)/t5?,6-,8+,9+,10-,11-,12?,13-,15-/m1/s1. The maximum Gasteiger partial charge on any atom is 0.330 e. The number of aliphatic hydroxyl groups excluding tert-OH is 4. The number of nitrogens with zero attached hydrogens (tertiary/aromatic N) is 1. The zero-order valence-corrected chi connectivity index (χ0v) is 14.6. The van der Waals surface area contributed by atoms with Crippen LogP contribution in [0.1, 0.15) is 13.2 Å². The molecule has 0 amide bonds. The minimum Gasteiger partial charge on any atom is -0.391 e. The van der Waals surface area contributed by atoms with E-state index in [0.29, 0.717) is 4.57 Å². The molecule has 12 nitrogen and oxygen atoms in total. The van der Waals surface area contributed by atoms with Crippen molar-refractivity contribution in [3.05, 3.63) is 33.1 Å². The number of aromatic amines is 1. The Kier molecular flexibility index (Phi) is 5.71. The normalized spacial score (nSPS) is 42.0. The van der Waals surface area contributed by atoms with Crippen molar-refractivity contribution in [1.82, 2.24) is 9.55 Å². The predicted molar refractivity (Wildman–Crippen MR) is 85.6 cm³/mol. The highest BCUT2D eigenvalue weighted by molar-refractivity contribution is 4.98. The van der Waals surface area contributed by atoms with E-state index < -0.39 is 72.9 Å². The lowest BCUT2D eigenvalue weighted by Gasteiger charge is -2.23. The molecular formula is C15H21FN2O10. The second-order valence-electron chi connectivity index (χ2n) is 6.74. The van der Waals surface area contributed by atoms with E-state index in [4.69, 9.17) is 14.2 Å². The zero-order chi connectivity index (χ0) is 20.8. The topological polar surface area (TPSA) is 184 Å². The van der Waals surface area contributed by atoms with E-state index in [1.165, 1.54) is 6.92 Å². The van der Waals surface area contributed by atoms with Crippen LogP contribution < -0.4 is 11.2 Å². The fourth-order valence-electron chi connectivity index (χ4n) is 3.14. The van der Waals surface area contributed by atoms with Crippen LogP contribution in [0.4, 0.5) is 4.39 Å². The predicted octanol–water partition coefficient (Wildman–Crippen LogP) is -3.70. The smallest absolute Gasteiger partial charge is 0.330 e. The molecule has 158 valence electrons. The maximum absolute atomic E-state index is 14.6. The monoisotopic (exact) mass is 408 g/mol. The van der Waals surface area contributed by atoms with Crippen molar-refractivity contribution < 1.29 is 44.1 Å². The number of hydrogen-bond acceptors (Lipinski definition) is 10. The Morgan fingerprint density at radius 1 is 1.32 bits per heavy atom. The van der Waals surface area contributed by atoms with Crippen LogP contribution in [0, 0.1) is 0 Å². The molecule has 0 spiro atoms. The second-order valence-corrected chi connectivity index (χ2v) is 6.74. The molecule has 2 aliphatic heterocycles. The van der Waals surface area contributed by atoms with E-state index in [1.807, 2.05) is 4.98 Å². The second kappa shape index (κ2) is 7.61. The quantitative estimate of drug-likeness (QED) is 0.283. The number of nitrogens with one attached hydrogen (secondary N) is 1. The average molecular weight is 408 g/mol. The average Bonchev–Trinajstić information content (AvgIpc) is 3.02. The number of alkyl halides is 1. The third-order valence-electron chi connectivity index (χ3n) is 4.68. The molecule has 0 bridgehead atoms. The Morgan fingerprint density at radius 2 is 2.00 bits per heavy atom. The highest BCUT2D eigenvalue weighted by atomic mass is 19.2. The van der Waals surface area contributed by atoms with Crippen molar-refractivity contribution in [2.45, 2.75) is 61.9 Å². The molecule has 0 saturated carbocycles. The molecule has 0 aliphatic carbocycles. The lowest BCUT2D eigenvalue weighted by Crippen LogP contribution is -2.46. The van der Waals surface area contributed by atoms with Gasteiger partial charge in [-0.05, 0) is 6.92 Å². The van der Waals surface area contributed by atoms with E-state index in [0.717, 1.165) is 12.3 Å². The first-order valence-corrected chi connectivity index (χ1v) is 8.41. The van der Waals surface area contributed by atoms with Gasteiger partial charge in [-0.15, -0.1) is 0 Å². The summed E-state index contributed by atoms with van der Waals surface area (Å²) in [4.78, 5) is 24.8. The molecular weight excluding hydrogens is 387 g/mol. The molecule has 0 aromatic carbocycles. The number of H-pyrrole nitrogens is 1. The summed E-state index contributed by atoms with van der Waals surface area (Å²) in [6.45, 7) is 0.742. The Labute approximate surface area is 156 Å². The Balaban J connectivity index is 1.71. The summed E-state index contributed by atoms with van der Waals surface area (Å²) >= 11 is 0. The molecule has 1 aromatic heterocycles. The number of rotatable bonds is 5. The Morgan fingerprint density at radius 3 is 2.57 bits per heavy atom. The number of halogens is 1. The fourth-order valence-corrected chi connectivity index (χ4v) is 3.14. The minimum atomic E-state index is -3.40. The molecule has 0 radical (unpaired) electrons. The van der Waals surface area contributed by atoms with Gasteiger partial charge in [0, 0.05) is 12.3 Å². The fraction of sp³-hybridized carbons (Fsp3) is 0.733. The molecule has 2 aliphatic rings. The molecule has 3 heterocycles. The molecule has 13 heteroatoms. The van der Waals surface area contributed by atoms with Crippen molar-refractivity contribution >= 4 is 0 Å². The van der Waals surface area contributed by atoms with Crippen LogP contribution in [0.3, 0.4) is 0 Å². The maximum atomic E-state index is 14.6. The summed E-state index contributed by atoms with van der Waals surface area (Å²) in [7, 11) is 0. The van der Waals surface area contributed by atoms with Gasteiger partial charge in [0.2, 0.25) is 0 Å². The van der Waals surface area contributed by atoms with Gasteiger partial charge < -0.3 is 39.7 Å². The first-order valence-electron chi connectivity index (χ1n) is 8.41. The van der Waals surface area contributed by atoms with Gasteiger partial charge in [0.15, 0.2) is 12.5 Å². The summed E-state index contributed by atoms with van der Waals surface area (Å²) in [6, 6.07) is 0.900. The van der Waals surface area contributed by atoms with Crippen molar-refractivity contribution in [3.8, 4) is 0 Å². The zero-order valence-electron chi connectivity index (χ0n) is 14.6. The van der Waals surface area contributed by atoms with Crippen LogP contribution >= 0.6 is 0 Å². The van der Waals surface area contributed by atoms with Crippen molar-refractivity contribution in [2.75, 3.05) is 6.61 Å². The first-order chi connectivity index (χ1) is 13.0. The van der Waals surface area contributed by atoms with Crippen molar-refractivity contribution in [3.63, 3.8) is 0 Å². The molecule has 1 aromatic rings. The Hall–Kier alpha value is -1.71. The Bertz CT molecular complexity index is 811. The third-order valence-corrected chi connectivity index (χ3v) is 4.68.